The summed E-state index contributed by atoms with van der Waals surface area (Å²) in [7, 11) is 0. The van der Waals surface area contributed by atoms with Crippen molar-refractivity contribution >= 4 is 17.1 Å². The minimum Gasteiger partial charge on any atom is -0.372 e. The van der Waals surface area contributed by atoms with Crippen LogP contribution in [0.5, 0.6) is 0 Å². The van der Waals surface area contributed by atoms with Gasteiger partial charge in [0.15, 0.2) is 0 Å². The molecule has 3 rings (SSSR count). The molecule has 2 atom stereocenters. The number of rotatable bonds is 8. The summed E-state index contributed by atoms with van der Waals surface area (Å²) < 4.78 is 0. The Morgan fingerprint density at radius 1 is 0.667 bits per heavy atom. The van der Waals surface area contributed by atoms with Gasteiger partial charge < -0.3 is 5.32 Å². The second kappa shape index (κ2) is 8.78. The van der Waals surface area contributed by atoms with E-state index in [0.717, 1.165) is 0 Å². The second-order valence-corrected chi connectivity index (χ2v) is 6.42. The molecule has 0 aromatic heterocycles. The summed E-state index contributed by atoms with van der Waals surface area (Å²) in [5.41, 5.74) is 0.858. The van der Waals surface area contributed by atoms with Gasteiger partial charge in [-0.25, -0.2) is 0 Å². The van der Waals surface area contributed by atoms with Crippen LogP contribution in [0, 0.1) is 30.3 Å². The molecule has 0 amide bonds. The Morgan fingerprint density at radius 2 is 1.30 bits per heavy atom. The first-order valence-electron chi connectivity index (χ1n) is 8.80. The van der Waals surface area contributed by atoms with Crippen molar-refractivity contribution in [3.8, 4) is 0 Å². The first-order valence-corrected chi connectivity index (χ1v) is 8.80. The number of nitrogens with zero attached hydrogens (tertiary/aromatic N) is 3. The molecule has 0 aliphatic heterocycles. The van der Waals surface area contributed by atoms with Gasteiger partial charge in [-0.3, -0.25) is 30.3 Å². The predicted octanol–water partition coefficient (Wildman–Crippen LogP) is 4.67. The van der Waals surface area contributed by atoms with E-state index in [1.807, 2.05) is 0 Å². The molecule has 3 aromatic carbocycles. The monoisotopic (exact) mass is 408 g/mol. The molecule has 3 aromatic rings. The fourth-order valence-electron chi connectivity index (χ4n) is 3.12. The highest BCUT2D eigenvalue weighted by Crippen LogP contribution is 2.35. The Balaban J connectivity index is 2.05. The van der Waals surface area contributed by atoms with Crippen LogP contribution in [0.15, 0.2) is 78.9 Å². The van der Waals surface area contributed by atoms with Crippen LogP contribution in [0.25, 0.3) is 0 Å². The topological polar surface area (TPSA) is 141 Å². The molecule has 10 heteroatoms. The number of hydrogen-bond donors (Lipinski definition) is 1. The lowest BCUT2D eigenvalue weighted by molar-refractivity contribution is -0.532. The lowest BCUT2D eigenvalue weighted by Crippen LogP contribution is -2.25. The van der Waals surface area contributed by atoms with E-state index in [1.54, 1.807) is 36.4 Å². The van der Waals surface area contributed by atoms with Crippen molar-refractivity contribution in [2.45, 2.75) is 12.1 Å². The molecule has 2 unspecified atom stereocenters. The van der Waals surface area contributed by atoms with E-state index in [1.165, 1.54) is 42.5 Å². The molecule has 1 N–H and O–H groups in total. The maximum atomic E-state index is 12.0. The zero-order valence-corrected chi connectivity index (χ0v) is 15.5. The summed E-state index contributed by atoms with van der Waals surface area (Å²) in [5, 5.41) is 37.0. The summed E-state index contributed by atoms with van der Waals surface area (Å²) in [6.45, 7) is 0. The van der Waals surface area contributed by atoms with Crippen molar-refractivity contribution in [3.63, 3.8) is 0 Å². The average Bonchev–Trinajstić information content (AvgIpc) is 2.74. The standard InChI is InChI=1S/C20H16N4O6/c25-22(26)17-11-9-15(10-12-17)20(24(29)30)19(14-5-2-1-3-6-14)21-16-7-4-8-18(13-16)23(27)28/h1-13,19-21H. The molecule has 0 saturated carbocycles. The fraction of sp³-hybridized carbons (Fsp3) is 0.100. The van der Waals surface area contributed by atoms with E-state index in [4.69, 9.17) is 0 Å². The lowest BCUT2D eigenvalue weighted by Gasteiger charge is -2.24. The molecule has 0 saturated heterocycles. The van der Waals surface area contributed by atoms with E-state index in [-0.39, 0.29) is 16.9 Å². The summed E-state index contributed by atoms with van der Waals surface area (Å²) in [4.78, 5) is 32.4. The van der Waals surface area contributed by atoms with Crippen molar-refractivity contribution in [2.24, 2.45) is 0 Å². The van der Waals surface area contributed by atoms with E-state index < -0.39 is 26.9 Å². The zero-order chi connectivity index (χ0) is 21.7. The van der Waals surface area contributed by atoms with Crippen molar-refractivity contribution < 1.29 is 14.8 Å². The van der Waals surface area contributed by atoms with Crippen LogP contribution >= 0.6 is 0 Å². The average molecular weight is 408 g/mol. The number of anilines is 1. The smallest absolute Gasteiger partial charge is 0.271 e. The van der Waals surface area contributed by atoms with Gasteiger partial charge in [0.1, 0.15) is 6.04 Å². The SMILES string of the molecule is O=[N+]([O-])c1ccc(C(C(Nc2cccc([N+](=O)[O-])c2)c2ccccc2)[N+](=O)[O-])cc1. The largest absolute Gasteiger partial charge is 0.372 e. The van der Waals surface area contributed by atoms with Gasteiger partial charge in [-0.05, 0) is 23.8 Å². The molecule has 152 valence electrons. The molecule has 0 bridgehead atoms. The van der Waals surface area contributed by atoms with Crippen molar-refractivity contribution in [2.75, 3.05) is 5.32 Å². The Hall–Kier alpha value is -4.34. The fourth-order valence-corrected chi connectivity index (χ4v) is 3.12. The first-order chi connectivity index (χ1) is 14.4. The molecule has 0 fully saturated rings. The van der Waals surface area contributed by atoms with Crippen LogP contribution in [-0.2, 0) is 0 Å². The van der Waals surface area contributed by atoms with Crippen LogP contribution in [0.2, 0.25) is 0 Å². The van der Waals surface area contributed by atoms with E-state index in [9.17, 15) is 30.3 Å². The molecule has 0 spiro atoms. The van der Waals surface area contributed by atoms with Gasteiger partial charge in [-0.15, -0.1) is 0 Å². The normalized spacial score (nSPS) is 12.5. The molecule has 0 radical (unpaired) electrons. The van der Waals surface area contributed by atoms with Gasteiger partial charge in [-0.1, -0.05) is 36.4 Å². The van der Waals surface area contributed by atoms with Gasteiger partial charge in [0, 0.05) is 40.4 Å². The molecule has 10 nitrogen and oxygen atoms in total. The third kappa shape index (κ3) is 4.55. The van der Waals surface area contributed by atoms with Crippen LogP contribution < -0.4 is 5.32 Å². The minimum atomic E-state index is -1.30. The van der Waals surface area contributed by atoms with E-state index in [0.29, 0.717) is 11.3 Å². The number of nitro groups is 3. The Bertz CT molecular complexity index is 1070. The third-order valence-electron chi connectivity index (χ3n) is 4.53. The highest BCUT2D eigenvalue weighted by atomic mass is 16.6. The Kier molecular flexibility index (Phi) is 5.97. The zero-order valence-electron chi connectivity index (χ0n) is 15.5. The van der Waals surface area contributed by atoms with Gasteiger partial charge in [0.05, 0.1) is 9.85 Å². The van der Waals surface area contributed by atoms with Gasteiger partial charge >= 0.3 is 0 Å². The molecular formula is C20H16N4O6. The van der Waals surface area contributed by atoms with Crippen molar-refractivity contribution in [1.29, 1.82) is 0 Å². The van der Waals surface area contributed by atoms with Gasteiger partial charge in [0.2, 0.25) is 0 Å². The number of nitrogens with one attached hydrogen (secondary N) is 1. The number of benzene rings is 3. The highest BCUT2D eigenvalue weighted by molar-refractivity contribution is 5.53. The first kappa shape index (κ1) is 20.4. The van der Waals surface area contributed by atoms with Crippen molar-refractivity contribution in [3.05, 3.63) is 120 Å². The van der Waals surface area contributed by atoms with Crippen molar-refractivity contribution in [1.82, 2.24) is 0 Å². The summed E-state index contributed by atoms with van der Waals surface area (Å²) in [5.74, 6) is 0. The van der Waals surface area contributed by atoms with Gasteiger partial charge in [0.25, 0.3) is 17.4 Å². The van der Waals surface area contributed by atoms with Crippen LogP contribution in [0.3, 0.4) is 0 Å². The molecular weight excluding hydrogens is 392 g/mol. The molecule has 0 aliphatic carbocycles. The Labute approximate surface area is 170 Å². The minimum absolute atomic E-state index is 0.153. The lowest BCUT2D eigenvalue weighted by atomic mass is 9.93. The van der Waals surface area contributed by atoms with Gasteiger partial charge in [-0.2, -0.15) is 0 Å². The predicted molar refractivity (Wildman–Crippen MR) is 109 cm³/mol. The maximum Gasteiger partial charge on any atom is 0.271 e. The van der Waals surface area contributed by atoms with Crippen LogP contribution in [-0.4, -0.2) is 14.8 Å². The molecule has 0 heterocycles. The molecule has 0 aliphatic rings. The number of non-ortho nitro benzene ring substituents is 2. The quantitative estimate of drug-likeness (QED) is 0.421. The Morgan fingerprint density at radius 3 is 1.87 bits per heavy atom. The number of hydrogen-bond acceptors (Lipinski definition) is 7. The molecule has 30 heavy (non-hydrogen) atoms. The highest BCUT2D eigenvalue weighted by Gasteiger charge is 2.35. The van der Waals surface area contributed by atoms with E-state index >= 15 is 0 Å². The third-order valence-corrected chi connectivity index (χ3v) is 4.53. The summed E-state index contributed by atoms with van der Waals surface area (Å²) in [6.07, 6.45) is 0. The summed E-state index contributed by atoms with van der Waals surface area (Å²) in [6, 6.07) is 17.2. The van der Waals surface area contributed by atoms with Crippen LogP contribution in [0.1, 0.15) is 23.2 Å². The summed E-state index contributed by atoms with van der Waals surface area (Å²) >= 11 is 0. The maximum absolute atomic E-state index is 12.0. The second-order valence-electron chi connectivity index (χ2n) is 6.42. The van der Waals surface area contributed by atoms with E-state index in [2.05, 4.69) is 5.32 Å². The van der Waals surface area contributed by atoms with Crippen LogP contribution in [0.4, 0.5) is 17.1 Å². The number of nitro benzene ring substituents is 2.